The molecule has 204 valence electrons. The second-order valence-electron chi connectivity index (χ2n) is 6.36. The zero-order valence-electron chi connectivity index (χ0n) is 22.3. The molecular weight excluding hydrogens is 480 g/mol. The minimum absolute atomic E-state index is 0.0440. The van der Waals surface area contributed by atoms with Crippen LogP contribution in [-0.4, -0.2) is 35.8 Å². The van der Waals surface area contributed by atoms with E-state index in [2.05, 4.69) is 28.4 Å². The van der Waals surface area contributed by atoms with Crippen molar-refractivity contribution in [2.45, 2.75) is 81.6 Å². The van der Waals surface area contributed by atoms with Gasteiger partial charge in [0, 0.05) is 41.5 Å². The second kappa shape index (κ2) is 22.8. The summed E-state index contributed by atoms with van der Waals surface area (Å²) in [5.41, 5.74) is 0. The van der Waals surface area contributed by atoms with Gasteiger partial charge in [-0.3, -0.25) is 28.8 Å². The molecule has 0 aromatic rings. The standard InChI is InChI=1S/3C8H12O4/c3*1-4-5-8(11-6(2)9)12-7(3)10/h3*5H,4H2,1-3H3. The molecule has 0 saturated heterocycles. The third-order valence-electron chi connectivity index (χ3n) is 2.58. The number of ether oxygens (including phenoxy) is 6. The van der Waals surface area contributed by atoms with Crippen LogP contribution in [-0.2, 0) is 57.2 Å². The van der Waals surface area contributed by atoms with Gasteiger partial charge >= 0.3 is 35.8 Å². The molecule has 0 fully saturated rings. The van der Waals surface area contributed by atoms with Crippen LogP contribution in [0.5, 0.6) is 0 Å². The van der Waals surface area contributed by atoms with Crippen LogP contribution in [0.1, 0.15) is 81.6 Å². The Hall–Kier alpha value is -3.96. The topological polar surface area (TPSA) is 158 Å². The van der Waals surface area contributed by atoms with Crippen LogP contribution in [0.4, 0.5) is 0 Å². The first-order valence-corrected chi connectivity index (χ1v) is 10.9. The maximum Gasteiger partial charge on any atom is 0.310 e. The van der Waals surface area contributed by atoms with Gasteiger partial charge in [0.15, 0.2) is 0 Å². The van der Waals surface area contributed by atoms with Gasteiger partial charge in [0.1, 0.15) is 0 Å². The van der Waals surface area contributed by atoms with Crippen molar-refractivity contribution in [1.82, 2.24) is 0 Å². The smallest absolute Gasteiger partial charge is 0.310 e. The monoisotopic (exact) mass is 516 g/mol. The maximum absolute atomic E-state index is 10.5. The number of rotatable bonds is 9. The summed E-state index contributed by atoms with van der Waals surface area (Å²) >= 11 is 0. The predicted octanol–water partition coefficient (Wildman–Crippen LogP) is 4.09. The van der Waals surface area contributed by atoms with Gasteiger partial charge < -0.3 is 28.4 Å². The van der Waals surface area contributed by atoms with Crippen LogP contribution >= 0.6 is 0 Å². The molecule has 0 atom stereocenters. The van der Waals surface area contributed by atoms with Crippen molar-refractivity contribution in [2.75, 3.05) is 0 Å². The fourth-order valence-electron chi connectivity index (χ4n) is 1.66. The molecule has 0 aromatic carbocycles. The zero-order chi connectivity index (χ0) is 28.7. The summed E-state index contributed by atoms with van der Waals surface area (Å²) in [6.07, 6.45) is 6.45. The average molecular weight is 517 g/mol. The average Bonchev–Trinajstić information content (AvgIpc) is 2.66. The molecule has 0 aliphatic rings. The SMILES string of the molecule is CCC=C(OC(C)=O)OC(C)=O.CCC=C(OC(C)=O)OC(C)=O.CCC=C(OC(C)=O)OC(C)=O. The summed E-state index contributed by atoms with van der Waals surface area (Å²) in [7, 11) is 0. The molecule has 0 rings (SSSR count). The van der Waals surface area contributed by atoms with E-state index in [1.54, 1.807) is 0 Å². The van der Waals surface area contributed by atoms with E-state index in [9.17, 15) is 28.8 Å². The Bertz CT molecular complexity index is 671. The molecule has 0 aromatic heterocycles. The predicted molar refractivity (Wildman–Crippen MR) is 126 cm³/mol. The highest BCUT2D eigenvalue weighted by Gasteiger charge is 2.06. The van der Waals surface area contributed by atoms with Crippen molar-refractivity contribution in [2.24, 2.45) is 0 Å². The normalized spacial score (nSPS) is 8.58. The number of carbonyl (C=O) groups excluding carboxylic acids is 6. The van der Waals surface area contributed by atoms with Crippen molar-refractivity contribution >= 4 is 35.8 Å². The summed E-state index contributed by atoms with van der Waals surface area (Å²) in [6, 6.07) is 0. The number of carbonyl (C=O) groups is 6. The molecule has 36 heavy (non-hydrogen) atoms. The lowest BCUT2D eigenvalue weighted by molar-refractivity contribution is -0.153. The molecule has 0 aliphatic carbocycles. The third-order valence-corrected chi connectivity index (χ3v) is 2.58. The summed E-state index contributed by atoms with van der Waals surface area (Å²) in [6.45, 7) is 13.0. The molecular formula is C24H36O12. The van der Waals surface area contributed by atoms with E-state index in [0.29, 0.717) is 19.3 Å². The minimum Gasteiger partial charge on any atom is -0.393 e. The lowest BCUT2D eigenvalue weighted by atomic mass is 10.5. The van der Waals surface area contributed by atoms with Crippen molar-refractivity contribution < 1.29 is 57.2 Å². The fourth-order valence-corrected chi connectivity index (χ4v) is 1.66. The Morgan fingerprint density at radius 1 is 0.389 bits per heavy atom. The minimum atomic E-state index is -0.504. The Morgan fingerprint density at radius 3 is 0.611 bits per heavy atom. The molecule has 0 N–H and O–H groups in total. The Morgan fingerprint density at radius 2 is 0.528 bits per heavy atom. The van der Waals surface area contributed by atoms with Gasteiger partial charge in [-0.05, 0) is 37.5 Å². The van der Waals surface area contributed by atoms with Crippen LogP contribution < -0.4 is 0 Å². The number of allylic oxidation sites excluding steroid dienone is 3. The molecule has 0 radical (unpaired) electrons. The summed E-state index contributed by atoms with van der Waals surface area (Å²) < 4.78 is 27.5. The molecule has 0 unspecified atom stereocenters. The van der Waals surface area contributed by atoms with E-state index in [0.717, 1.165) is 0 Å². The molecule has 12 heteroatoms. The van der Waals surface area contributed by atoms with Gasteiger partial charge in [-0.2, -0.15) is 0 Å². The van der Waals surface area contributed by atoms with Gasteiger partial charge in [0.2, 0.25) is 0 Å². The number of esters is 6. The van der Waals surface area contributed by atoms with Crippen molar-refractivity contribution in [3.05, 3.63) is 36.1 Å². The van der Waals surface area contributed by atoms with Gasteiger partial charge in [-0.25, -0.2) is 0 Å². The van der Waals surface area contributed by atoms with E-state index in [4.69, 9.17) is 0 Å². The first-order valence-electron chi connectivity index (χ1n) is 10.9. The quantitative estimate of drug-likeness (QED) is 0.246. The molecule has 0 saturated carbocycles. The first kappa shape index (κ1) is 36.6. The van der Waals surface area contributed by atoms with Crippen LogP contribution in [0, 0.1) is 0 Å². The van der Waals surface area contributed by atoms with E-state index in [-0.39, 0.29) is 17.8 Å². The van der Waals surface area contributed by atoms with Gasteiger partial charge in [0.25, 0.3) is 17.8 Å². The fraction of sp³-hybridized carbons (Fsp3) is 0.500. The third kappa shape index (κ3) is 30.0. The van der Waals surface area contributed by atoms with Crippen molar-refractivity contribution in [3.63, 3.8) is 0 Å². The van der Waals surface area contributed by atoms with Crippen molar-refractivity contribution in [1.29, 1.82) is 0 Å². The van der Waals surface area contributed by atoms with Crippen LogP contribution in [0.3, 0.4) is 0 Å². The van der Waals surface area contributed by atoms with Crippen LogP contribution in [0.2, 0.25) is 0 Å². The van der Waals surface area contributed by atoms with Crippen molar-refractivity contribution in [3.8, 4) is 0 Å². The maximum atomic E-state index is 10.5. The van der Waals surface area contributed by atoms with Gasteiger partial charge in [0.05, 0.1) is 0 Å². The lowest BCUT2D eigenvalue weighted by Gasteiger charge is -2.04. The molecule has 12 nitrogen and oxygen atoms in total. The van der Waals surface area contributed by atoms with E-state index in [1.165, 1.54) is 59.8 Å². The van der Waals surface area contributed by atoms with Crippen LogP contribution in [0.15, 0.2) is 36.1 Å². The highest BCUT2D eigenvalue weighted by Crippen LogP contribution is 2.04. The van der Waals surface area contributed by atoms with Gasteiger partial charge in [-0.15, -0.1) is 0 Å². The lowest BCUT2D eigenvalue weighted by Crippen LogP contribution is -2.06. The van der Waals surface area contributed by atoms with E-state index >= 15 is 0 Å². The largest absolute Gasteiger partial charge is 0.393 e. The van der Waals surface area contributed by atoms with E-state index in [1.807, 2.05) is 20.8 Å². The Labute approximate surface area is 211 Å². The molecule has 0 heterocycles. The molecule has 0 spiro atoms. The van der Waals surface area contributed by atoms with E-state index < -0.39 is 35.8 Å². The highest BCUT2D eigenvalue weighted by molar-refractivity contribution is 5.71. The summed E-state index contributed by atoms with van der Waals surface area (Å²) in [4.78, 5) is 62.7. The molecule has 0 amide bonds. The second-order valence-corrected chi connectivity index (χ2v) is 6.36. The summed E-state index contributed by atoms with van der Waals surface area (Å²) in [5, 5.41) is 0. The molecule has 0 bridgehead atoms. The zero-order valence-corrected chi connectivity index (χ0v) is 22.3. The first-order chi connectivity index (χ1) is 16.7. The highest BCUT2D eigenvalue weighted by atomic mass is 16.7. The summed E-state index contributed by atoms with van der Waals surface area (Å²) in [5.74, 6) is -3.15. The Kier molecular flexibility index (Phi) is 23.2. The Balaban J connectivity index is -0.000000454. The number of hydrogen-bond acceptors (Lipinski definition) is 12. The number of hydrogen-bond donors (Lipinski definition) is 0. The van der Waals surface area contributed by atoms with Gasteiger partial charge in [-0.1, -0.05) is 20.8 Å². The van der Waals surface area contributed by atoms with Crippen LogP contribution in [0.25, 0.3) is 0 Å². The molecule has 0 aliphatic heterocycles.